The fourth-order valence-corrected chi connectivity index (χ4v) is 1.41. The third-order valence-corrected chi connectivity index (χ3v) is 2.35. The van der Waals surface area contributed by atoms with Gasteiger partial charge in [0.2, 0.25) is 0 Å². The van der Waals surface area contributed by atoms with E-state index in [-0.39, 0.29) is 32.2 Å². The van der Waals surface area contributed by atoms with Crippen LogP contribution in [0.3, 0.4) is 0 Å². The average molecular weight is 267 g/mol. The first-order chi connectivity index (χ1) is 9.13. The van der Waals surface area contributed by atoms with Crippen LogP contribution in [0.5, 0.6) is 5.75 Å². The first-order valence-electron chi connectivity index (χ1n) is 5.80. The number of carbonyl (C=O) groups excluding carboxylic acids is 1. The molecule has 104 valence electrons. The van der Waals surface area contributed by atoms with E-state index in [4.69, 9.17) is 14.6 Å². The standard InChI is InChI=1S/C13H17NO5/c1-18-8-7-14(9-13(16)17)12(15)10-19-11-5-3-2-4-6-11/h2-6H,7-10H2,1H3,(H,16,17). The van der Waals surface area contributed by atoms with Crippen molar-refractivity contribution in [1.82, 2.24) is 4.90 Å². The van der Waals surface area contributed by atoms with Crippen LogP contribution >= 0.6 is 0 Å². The fourth-order valence-electron chi connectivity index (χ4n) is 1.41. The van der Waals surface area contributed by atoms with Crippen LogP contribution in [-0.2, 0) is 14.3 Å². The summed E-state index contributed by atoms with van der Waals surface area (Å²) in [5, 5.41) is 8.74. The third-order valence-electron chi connectivity index (χ3n) is 2.35. The molecule has 0 bridgehead atoms. The van der Waals surface area contributed by atoms with Gasteiger partial charge < -0.3 is 19.5 Å². The minimum atomic E-state index is -1.07. The van der Waals surface area contributed by atoms with E-state index in [1.807, 2.05) is 6.07 Å². The molecular weight excluding hydrogens is 250 g/mol. The largest absolute Gasteiger partial charge is 0.484 e. The summed E-state index contributed by atoms with van der Waals surface area (Å²) in [6, 6.07) is 8.87. The predicted octanol–water partition coefficient (Wildman–Crippen LogP) is 0.625. The number of carbonyl (C=O) groups is 2. The van der Waals surface area contributed by atoms with Crippen LogP contribution in [0.15, 0.2) is 30.3 Å². The fraction of sp³-hybridized carbons (Fsp3) is 0.385. The number of methoxy groups -OCH3 is 1. The molecule has 1 N–H and O–H groups in total. The molecular formula is C13H17NO5. The molecule has 0 unspecified atom stereocenters. The number of para-hydroxylation sites is 1. The van der Waals surface area contributed by atoms with Gasteiger partial charge in [0.25, 0.3) is 5.91 Å². The van der Waals surface area contributed by atoms with Crippen molar-refractivity contribution in [3.63, 3.8) is 0 Å². The van der Waals surface area contributed by atoms with Gasteiger partial charge in [-0.2, -0.15) is 0 Å². The Morgan fingerprint density at radius 2 is 1.95 bits per heavy atom. The molecule has 0 spiro atoms. The second kappa shape index (κ2) is 8.10. The molecule has 0 radical (unpaired) electrons. The number of aliphatic carboxylic acids is 1. The zero-order valence-electron chi connectivity index (χ0n) is 10.7. The van der Waals surface area contributed by atoms with Crippen LogP contribution in [0, 0.1) is 0 Å². The second-order valence-corrected chi connectivity index (χ2v) is 3.80. The highest BCUT2D eigenvalue weighted by atomic mass is 16.5. The molecule has 0 aliphatic rings. The molecule has 0 fully saturated rings. The minimum absolute atomic E-state index is 0.193. The molecule has 0 saturated heterocycles. The highest BCUT2D eigenvalue weighted by Crippen LogP contribution is 2.08. The van der Waals surface area contributed by atoms with Gasteiger partial charge in [-0.1, -0.05) is 18.2 Å². The number of amides is 1. The van der Waals surface area contributed by atoms with Gasteiger partial charge in [-0.15, -0.1) is 0 Å². The lowest BCUT2D eigenvalue weighted by molar-refractivity contribution is -0.145. The molecule has 0 aliphatic heterocycles. The lowest BCUT2D eigenvalue weighted by atomic mass is 10.3. The van der Waals surface area contributed by atoms with Crippen molar-refractivity contribution in [2.75, 3.05) is 33.4 Å². The first-order valence-corrected chi connectivity index (χ1v) is 5.80. The molecule has 0 aromatic heterocycles. The van der Waals surface area contributed by atoms with E-state index < -0.39 is 5.97 Å². The number of carboxylic acids is 1. The Labute approximate surface area is 111 Å². The molecule has 6 nitrogen and oxygen atoms in total. The van der Waals surface area contributed by atoms with E-state index in [1.165, 1.54) is 12.0 Å². The Balaban J connectivity index is 2.48. The molecule has 0 atom stereocenters. The molecule has 1 amide bonds. The van der Waals surface area contributed by atoms with E-state index in [9.17, 15) is 9.59 Å². The maximum Gasteiger partial charge on any atom is 0.323 e. The SMILES string of the molecule is COCCN(CC(=O)O)C(=O)COc1ccccc1. The number of nitrogens with zero attached hydrogens (tertiary/aromatic N) is 1. The highest BCUT2D eigenvalue weighted by molar-refractivity contribution is 5.82. The van der Waals surface area contributed by atoms with Crippen LogP contribution in [0.25, 0.3) is 0 Å². The summed E-state index contributed by atoms with van der Waals surface area (Å²) in [5.41, 5.74) is 0. The number of hydrogen-bond donors (Lipinski definition) is 1. The monoisotopic (exact) mass is 267 g/mol. The summed E-state index contributed by atoms with van der Waals surface area (Å²) in [4.78, 5) is 23.7. The van der Waals surface area contributed by atoms with E-state index in [1.54, 1.807) is 24.3 Å². The third kappa shape index (κ3) is 5.87. The number of carboxylic acid groups (broad SMARTS) is 1. The van der Waals surface area contributed by atoms with Crippen molar-refractivity contribution < 1.29 is 24.2 Å². The molecule has 0 aliphatic carbocycles. The quantitative estimate of drug-likeness (QED) is 0.747. The first kappa shape index (κ1) is 15.0. The highest BCUT2D eigenvalue weighted by Gasteiger charge is 2.16. The number of hydrogen-bond acceptors (Lipinski definition) is 4. The molecule has 0 heterocycles. The Morgan fingerprint density at radius 3 is 2.53 bits per heavy atom. The number of benzene rings is 1. The summed E-state index contributed by atoms with van der Waals surface area (Å²) in [7, 11) is 1.49. The maximum absolute atomic E-state index is 11.8. The summed E-state index contributed by atoms with van der Waals surface area (Å²) < 4.78 is 10.1. The molecule has 19 heavy (non-hydrogen) atoms. The van der Waals surface area contributed by atoms with Crippen LogP contribution in [0.4, 0.5) is 0 Å². The van der Waals surface area contributed by atoms with Crippen molar-refractivity contribution in [2.24, 2.45) is 0 Å². The summed E-state index contributed by atoms with van der Waals surface area (Å²) in [6.45, 7) is -0.0501. The topological polar surface area (TPSA) is 76.1 Å². The number of ether oxygens (including phenoxy) is 2. The smallest absolute Gasteiger partial charge is 0.323 e. The van der Waals surface area contributed by atoms with Gasteiger partial charge >= 0.3 is 5.97 Å². The molecule has 1 aromatic carbocycles. The lowest BCUT2D eigenvalue weighted by Gasteiger charge is -2.20. The van der Waals surface area contributed by atoms with Crippen molar-refractivity contribution in [1.29, 1.82) is 0 Å². The van der Waals surface area contributed by atoms with E-state index >= 15 is 0 Å². The normalized spacial score (nSPS) is 9.95. The second-order valence-electron chi connectivity index (χ2n) is 3.80. The molecule has 6 heteroatoms. The Morgan fingerprint density at radius 1 is 1.26 bits per heavy atom. The Bertz CT molecular complexity index is 407. The predicted molar refractivity (Wildman–Crippen MR) is 68.0 cm³/mol. The molecule has 0 saturated carbocycles. The van der Waals surface area contributed by atoms with Crippen molar-refractivity contribution in [2.45, 2.75) is 0 Å². The maximum atomic E-state index is 11.8. The van der Waals surface area contributed by atoms with E-state index in [2.05, 4.69) is 0 Å². The lowest BCUT2D eigenvalue weighted by Crippen LogP contribution is -2.40. The molecule has 1 aromatic rings. The van der Waals surface area contributed by atoms with Crippen molar-refractivity contribution >= 4 is 11.9 Å². The van der Waals surface area contributed by atoms with Gasteiger partial charge in [-0.3, -0.25) is 9.59 Å². The minimum Gasteiger partial charge on any atom is -0.484 e. The van der Waals surface area contributed by atoms with Gasteiger partial charge in [0.1, 0.15) is 12.3 Å². The zero-order chi connectivity index (χ0) is 14.1. The van der Waals surface area contributed by atoms with E-state index in [0.29, 0.717) is 5.75 Å². The van der Waals surface area contributed by atoms with Crippen LogP contribution < -0.4 is 4.74 Å². The van der Waals surface area contributed by atoms with Crippen LogP contribution in [0.1, 0.15) is 0 Å². The van der Waals surface area contributed by atoms with Gasteiger partial charge in [0.15, 0.2) is 6.61 Å². The number of rotatable bonds is 8. The summed E-state index contributed by atoms with van der Waals surface area (Å²) >= 11 is 0. The molecule has 1 rings (SSSR count). The average Bonchev–Trinajstić information content (AvgIpc) is 2.41. The summed E-state index contributed by atoms with van der Waals surface area (Å²) in [6.07, 6.45) is 0. The van der Waals surface area contributed by atoms with Crippen molar-refractivity contribution in [3.05, 3.63) is 30.3 Å². The van der Waals surface area contributed by atoms with E-state index in [0.717, 1.165) is 0 Å². The van der Waals surface area contributed by atoms with Gasteiger partial charge in [0.05, 0.1) is 6.61 Å². The Hall–Kier alpha value is -2.08. The van der Waals surface area contributed by atoms with Gasteiger partial charge in [-0.05, 0) is 12.1 Å². The van der Waals surface area contributed by atoms with Crippen molar-refractivity contribution in [3.8, 4) is 5.75 Å². The summed E-state index contributed by atoms with van der Waals surface area (Å²) in [5.74, 6) is -0.884. The van der Waals surface area contributed by atoms with Gasteiger partial charge in [0, 0.05) is 13.7 Å². The zero-order valence-corrected chi connectivity index (χ0v) is 10.7. The van der Waals surface area contributed by atoms with Crippen LogP contribution in [0.2, 0.25) is 0 Å². The van der Waals surface area contributed by atoms with Crippen LogP contribution in [-0.4, -0.2) is 55.3 Å². The Kier molecular flexibility index (Phi) is 6.38. The van der Waals surface area contributed by atoms with Gasteiger partial charge in [-0.25, -0.2) is 0 Å².